The van der Waals surface area contributed by atoms with E-state index in [1.54, 1.807) is 6.92 Å². The quantitative estimate of drug-likeness (QED) is 0.726. The number of aromatic nitrogens is 3. The van der Waals surface area contributed by atoms with Crippen molar-refractivity contribution in [3.8, 4) is 6.01 Å². The van der Waals surface area contributed by atoms with E-state index in [-0.39, 0.29) is 17.2 Å². The number of carbonyl (C=O) groups is 1. The number of ether oxygens (including phenoxy) is 1. The molecule has 8 heteroatoms. The van der Waals surface area contributed by atoms with Gasteiger partial charge in [0.1, 0.15) is 0 Å². The Labute approximate surface area is 110 Å². The van der Waals surface area contributed by atoms with E-state index in [1.165, 1.54) is 7.11 Å². The smallest absolute Gasteiger partial charge is 0.322 e. The Balaban J connectivity index is 2.39. The molecule has 0 radical (unpaired) electrons. The molecular weight excluding hydrogens is 260 g/mol. The zero-order valence-corrected chi connectivity index (χ0v) is 10.9. The van der Waals surface area contributed by atoms with Crippen LogP contribution in [0.25, 0.3) is 0 Å². The summed E-state index contributed by atoms with van der Waals surface area (Å²) in [6.45, 7) is 2.23. The summed E-state index contributed by atoms with van der Waals surface area (Å²) >= 11 is 5.67. The lowest BCUT2D eigenvalue weighted by Crippen LogP contribution is -2.12. The van der Waals surface area contributed by atoms with Crippen molar-refractivity contribution in [1.82, 2.24) is 15.0 Å². The highest BCUT2D eigenvalue weighted by molar-refractivity contribution is 6.28. The fourth-order valence-corrected chi connectivity index (χ4v) is 1.39. The first kappa shape index (κ1) is 14.4. The SMILES string of the molecule is COc1nc(Cl)nc(NCCCC(C)C(=O)O)n1. The fraction of sp³-hybridized carbons (Fsp3) is 0.600. The second-order valence-electron chi connectivity index (χ2n) is 3.72. The first-order chi connectivity index (χ1) is 8.52. The van der Waals surface area contributed by atoms with Gasteiger partial charge in [-0.25, -0.2) is 0 Å². The van der Waals surface area contributed by atoms with Crippen LogP contribution in [-0.2, 0) is 4.79 Å². The molecule has 1 unspecified atom stereocenters. The Morgan fingerprint density at radius 1 is 1.50 bits per heavy atom. The molecule has 1 aromatic heterocycles. The molecule has 0 bridgehead atoms. The first-order valence-corrected chi connectivity index (χ1v) is 5.83. The van der Waals surface area contributed by atoms with E-state index in [4.69, 9.17) is 21.4 Å². The van der Waals surface area contributed by atoms with Crippen molar-refractivity contribution in [1.29, 1.82) is 0 Å². The molecule has 0 aliphatic rings. The van der Waals surface area contributed by atoms with Gasteiger partial charge in [0, 0.05) is 6.54 Å². The van der Waals surface area contributed by atoms with Crippen LogP contribution in [0.5, 0.6) is 6.01 Å². The van der Waals surface area contributed by atoms with Crippen LogP contribution in [0, 0.1) is 5.92 Å². The number of carboxylic acids is 1. The van der Waals surface area contributed by atoms with Crippen LogP contribution in [0.1, 0.15) is 19.8 Å². The predicted octanol–water partition coefficient (Wildman–Crippen LogP) is 1.45. The number of carboxylic acid groups (broad SMARTS) is 1. The molecule has 0 aliphatic carbocycles. The van der Waals surface area contributed by atoms with E-state index in [1.807, 2.05) is 0 Å². The normalized spacial score (nSPS) is 11.9. The minimum Gasteiger partial charge on any atom is -0.481 e. The van der Waals surface area contributed by atoms with Crippen molar-refractivity contribution in [2.24, 2.45) is 5.92 Å². The fourth-order valence-electron chi connectivity index (χ4n) is 1.23. The van der Waals surface area contributed by atoms with Gasteiger partial charge in [0.2, 0.25) is 11.2 Å². The summed E-state index contributed by atoms with van der Waals surface area (Å²) in [5.41, 5.74) is 0. The maximum atomic E-state index is 10.6. The molecule has 0 spiro atoms. The maximum Gasteiger partial charge on any atom is 0.322 e. The number of anilines is 1. The van der Waals surface area contributed by atoms with Crippen LogP contribution in [0.3, 0.4) is 0 Å². The number of nitrogens with one attached hydrogen (secondary N) is 1. The Bertz CT molecular complexity index is 416. The number of hydrogen-bond donors (Lipinski definition) is 2. The van der Waals surface area contributed by atoms with E-state index in [2.05, 4.69) is 20.3 Å². The van der Waals surface area contributed by atoms with E-state index < -0.39 is 5.97 Å². The standard InChI is InChI=1S/C10H15ClN4O3/c1-6(7(16)17)4-3-5-12-9-13-8(11)14-10(15-9)18-2/h6H,3-5H2,1-2H3,(H,16,17)(H,12,13,14,15). The van der Waals surface area contributed by atoms with Crippen molar-refractivity contribution in [2.75, 3.05) is 19.0 Å². The molecule has 0 saturated heterocycles. The molecular formula is C10H15ClN4O3. The topological polar surface area (TPSA) is 97.2 Å². The van der Waals surface area contributed by atoms with E-state index in [0.29, 0.717) is 25.3 Å². The number of hydrogen-bond acceptors (Lipinski definition) is 6. The molecule has 1 aromatic rings. The van der Waals surface area contributed by atoms with Crippen molar-refractivity contribution < 1.29 is 14.6 Å². The molecule has 1 atom stereocenters. The van der Waals surface area contributed by atoms with Crippen LogP contribution in [0.4, 0.5) is 5.95 Å². The number of nitrogens with zero attached hydrogens (tertiary/aromatic N) is 3. The lowest BCUT2D eigenvalue weighted by atomic mass is 10.1. The van der Waals surface area contributed by atoms with Gasteiger partial charge in [0.15, 0.2) is 0 Å². The summed E-state index contributed by atoms with van der Waals surface area (Å²) in [4.78, 5) is 22.2. The molecule has 1 rings (SSSR count). The molecule has 0 amide bonds. The van der Waals surface area contributed by atoms with Gasteiger partial charge in [0.05, 0.1) is 13.0 Å². The van der Waals surface area contributed by atoms with Crippen molar-refractivity contribution in [3.05, 3.63) is 5.28 Å². The molecule has 100 valence electrons. The van der Waals surface area contributed by atoms with Crippen LogP contribution < -0.4 is 10.1 Å². The minimum absolute atomic E-state index is 0.0447. The average molecular weight is 275 g/mol. The predicted molar refractivity (Wildman–Crippen MR) is 65.9 cm³/mol. The summed E-state index contributed by atoms with van der Waals surface area (Å²) < 4.78 is 4.85. The minimum atomic E-state index is -0.792. The lowest BCUT2D eigenvalue weighted by Gasteiger charge is -2.07. The molecule has 0 fully saturated rings. The van der Waals surface area contributed by atoms with Crippen LogP contribution in [-0.4, -0.2) is 39.7 Å². The van der Waals surface area contributed by atoms with Crippen molar-refractivity contribution in [3.63, 3.8) is 0 Å². The van der Waals surface area contributed by atoms with E-state index >= 15 is 0 Å². The molecule has 7 nitrogen and oxygen atoms in total. The zero-order chi connectivity index (χ0) is 13.5. The van der Waals surface area contributed by atoms with Gasteiger partial charge in [-0.3, -0.25) is 4.79 Å². The third-order valence-electron chi connectivity index (χ3n) is 2.29. The highest BCUT2D eigenvalue weighted by Crippen LogP contribution is 2.11. The number of rotatable bonds is 7. The molecule has 0 saturated carbocycles. The van der Waals surface area contributed by atoms with Crippen molar-refractivity contribution in [2.45, 2.75) is 19.8 Å². The summed E-state index contributed by atoms with van der Waals surface area (Å²) in [6, 6.07) is 0.136. The third kappa shape index (κ3) is 4.70. The van der Waals surface area contributed by atoms with Gasteiger partial charge < -0.3 is 15.2 Å². The van der Waals surface area contributed by atoms with Crippen molar-refractivity contribution >= 4 is 23.5 Å². The Morgan fingerprint density at radius 3 is 2.83 bits per heavy atom. The maximum absolute atomic E-state index is 10.6. The summed E-state index contributed by atoms with van der Waals surface area (Å²) in [5.74, 6) is -0.835. The van der Waals surface area contributed by atoms with Gasteiger partial charge in [0.25, 0.3) is 0 Å². The Kier molecular flexibility index (Phi) is 5.57. The van der Waals surface area contributed by atoms with E-state index in [0.717, 1.165) is 0 Å². The van der Waals surface area contributed by atoms with Crippen LogP contribution in [0.2, 0.25) is 5.28 Å². The van der Waals surface area contributed by atoms with Gasteiger partial charge in [-0.2, -0.15) is 15.0 Å². The van der Waals surface area contributed by atoms with Gasteiger partial charge in [-0.05, 0) is 24.4 Å². The molecule has 2 N–H and O–H groups in total. The molecule has 18 heavy (non-hydrogen) atoms. The lowest BCUT2D eigenvalue weighted by molar-refractivity contribution is -0.141. The highest BCUT2D eigenvalue weighted by atomic mass is 35.5. The first-order valence-electron chi connectivity index (χ1n) is 5.45. The Morgan fingerprint density at radius 2 is 2.22 bits per heavy atom. The van der Waals surface area contributed by atoms with Crippen LogP contribution >= 0.6 is 11.6 Å². The summed E-state index contributed by atoms with van der Waals surface area (Å²) in [7, 11) is 1.43. The third-order valence-corrected chi connectivity index (χ3v) is 2.46. The van der Waals surface area contributed by atoms with Crippen LogP contribution in [0.15, 0.2) is 0 Å². The second kappa shape index (κ2) is 6.95. The second-order valence-corrected chi connectivity index (χ2v) is 4.06. The Hall–Kier alpha value is -1.63. The summed E-state index contributed by atoms with van der Waals surface area (Å²) in [6.07, 6.45) is 1.28. The van der Waals surface area contributed by atoms with Gasteiger partial charge in [-0.1, -0.05) is 6.92 Å². The largest absolute Gasteiger partial charge is 0.481 e. The molecule has 0 aliphatic heterocycles. The summed E-state index contributed by atoms with van der Waals surface area (Å²) in [5, 5.41) is 11.7. The highest BCUT2D eigenvalue weighted by Gasteiger charge is 2.10. The molecule has 1 heterocycles. The van der Waals surface area contributed by atoms with E-state index in [9.17, 15) is 4.79 Å². The average Bonchev–Trinajstić information content (AvgIpc) is 2.33. The zero-order valence-electron chi connectivity index (χ0n) is 10.2. The van der Waals surface area contributed by atoms with Gasteiger partial charge in [-0.15, -0.1) is 0 Å². The molecule has 0 aromatic carbocycles. The van der Waals surface area contributed by atoms with Gasteiger partial charge >= 0.3 is 12.0 Å². The number of methoxy groups -OCH3 is 1. The number of aliphatic carboxylic acids is 1. The number of halogens is 1. The monoisotopic (exact) mass is 274 g/mol.